The molecule has 4 nitrogen and oxygen atoms in total. The molecule has 77 heavy (non-hydrogen) atoms. The van der Waals surface area contributed by atoms with E-state index in [-0.39, 0.29) is 40.5 Å². The van der Waals surface area contributed by atoms with Crippen LogP contribution in [0.2, 0.25) is 0 Å². The molecular formula is C72H66HfO4-2. The first-order valence-corrected chi connectivity index (χ1v) is 25.2. The van der Waals surface area contributed by atoms with Crippen LogP contribution in [0.5, 0.6) is 23.0 Å². The van der Waals surface area contributed by atoms with Crippen LogP contribution in [0.1, 0.15) is 78.1 Å². The molecule has 0 spiro atoms. The van der Waals surface area contributed by atoms with E-state index in [0.29, 0.717) is 11.5 Å². The van der Waals surface area contributed by atoms with Gasteiger partial charge in [-0.2, -0.15) is 31.5 Å². The maximum absolute atomic E-state index is 11.7. The van der Waals surface area contributed by atoms with Crippen molar-refractivity contribution in [1.82, 2.24) is 0 Å². The molecule has 0 atom stereocenters. The molecule has 384 valence electrons. The summed E-state index contributed by atoms with van der Waals surface area (Å²) in [5.41, 5.74) is 18.7. The summed E-state index contributed by atoms with van der Waals surface area (Å²) < 4.78 is 5.63. The van der Waals surface area contributed by atoms with Gasteiger partial charge in [0.2, 0.25) is 11.5 Å². The molecule has 2 N–H and O–H groups in total. The van der Waals surface area contributed by atoms with Crippen LogP contribution in [-0.4, -0.2) is 23.9 Å². The molecule has 9 aromatic carbocycles. The van der Waals surface area contributed by atoms with Crippen LogP contribution in [0.25, 0.3) is 44.5 Å². The number of fused-ring (bicyclic) bond motifs is 6. The Morgan fingerprint density at radius 2 is 0.844 bits per heavy atom. The van der Waals surface area contributed by atoms with Gasteiger partial charge >= 0.3 is 0 Å². The minimum absolute atomic E-state index is 0. The van der Waals surface area contributed by atoms with Crippen molar-refractivity contribution < 1.29 is 47.6 Å². The third kappa shape index (κ3) is 12.4. The molecule has 0 heterocycles. The normalized spacial score (nSPS) is 11.1. The minimum atomic E-state index is 0. The van der Waals surface area contributed by atoms with Crippen molar-refractivity contribution in [2.75, 3.05) is 13.7 Å². The van der Waals surface area contributed by atoms with Gasteiger partial charge in [0.15, 0.2) is 0 Å². The summed E-state index contributed by atoms with van der Waals surface area (Å²) in [4.78, 5) is 0. The molecule has 2 aliphatic carbocycles. The third-order valence-corrected chi connectivity index (χ3v) is 13.5. The van der Waals surface area contributed by atoms with Gasteiger partial charge in [-0.15, -0.1) is 24.5 Å². The Kier molecular flexibility index (Phi) is 19.2. The van der Waals surface area contributed by atoms with Crippen molar-refractivity contribution >= 4 is 0 Å². The summed E-state index contributed by atoms with van der Waals surface area (Å²) in [5.74, 6) is 14.0. The number of hydrogen-bond acceptors (Lipinski definition) is 2. The Morgan fingerprint density at radius 3 is 1.21 bits per heavy atom. The number of phenolic OH excluding ortho intramolecular Hbond substituents is 2. The molecule has 0 unspecified atom stereocenters. The number of terminal acetylenes is 1. The molecule has 9 aromatic rings. The first kappa shape index (κ1) is 56.2. The van der Waals surface area contributed by atoms with Gasteiger partial charge in [0.25, 0.3) is 0 Å². The van der Waals surface area contributed by atoms with Crippen molar-refractivity contribution in [2.45, 2.75) is 39.0 Å². The Balaban J connectivity index is 0.000000227. The summed E-state index contributed by atoms with van der Waals surface area (Å²) in [6.07, 6.45) is 5.73. The zero-order valence-corrected chi connectivity index (χ0v) is 47.8. The number of benzene rings is 9. The largest absolute Gasteiger partial charge is 0.713 e. The molecule has 0 radical (unpaired) electrons. The van der Waals surface area contributed by atoms with Gasteiger partial charge in [-0.25, -0.2) is 5.92 Å². The number of phenols is 2. The predicted octanol–water partition coefficient (Wildman–Crippen LogP) is 18.0. The summed E-state index contributed by atoms with van der Waals surface area (Å²) in [6, 6.07) is 68.5. The van der Waals surface area contributed by atoms with Gasteiger partial charge in [-0.3, -0.25) is 5.92 Å². The molecule has 0 amide bonds. The minimum Gasteiger partial charge on any atom is -0.713 e. The van der Waals surface area contributed by atoms with E-state index in [1.807, 2.05) is 79.9 Å². The van der Waals surface area contributed by atoms with E-state index >= 15 is 0 Å². The van der Waals surface area contributed by atoms with E-state index in [1.165, 1.54) is 44.5 Å². The van der Waals surface area contributed by atoms with Crippen molar-refractivity contribution in [3.05, 3.63) is 278 Å². The fourth-order valence-corrected chi connectivity index (χ4v) is 10.3. The Labute approximate surface area is 479 Å². The molecule has 0 saturated carbocycles. The topological polar surface area (TPSA) is 45.9 Å². The Morgan fingerprint density at radius 1 is 0.481 bits per heavy atom. The predicted molar refractivity (Wildman–Crippen MR) is 320 cm³/mol. The average molecular weight is 1170 g/mol. The van der Waals surface area contributed by atoms with Gasteiger partial charge < -0.3 is 18.9 Å². The number of hydrogen-bond donors (Lipinski definition) is 2. The fourth-order valence-electron chi connectivity index (χ4n) is 10.3. The molecule has 5 heteroatoms. The summed E-state index contributed by atoms with van der Waals surface area (Å²) in [7, 11) is 9.98. The van der Waals surface area contributed by atoms with E-state index in [4.69, 9.17) is 6.42 Å². The van der Waals surface area contributed by atoms with Gasteiger partial charge in [0, 0.05) is 81.3 Å². The third-order valence-electron chi connectivity index (χ3n) is 13.5. The van der Waals surface area contributed by atoms with E-state index in [9.17, 15) is 10.2 Å². The van der Waals surface area contributed by atoms with E-state index in [1.54, 1.807) is 0 Å². The monoisotopic (exact) mass is 1170 g/mol. The van der Waals surface area contributed by atoms with E-state index in [2.05, 4.69) is 215 Å². The van der Waals surface area contributed by atoms with Gasteiger partial charge in [0.1, 0.15) is 25.2 Å². The molecule has 0 saturated heterocycles. The van der Waals surface area contributed by atoms with Crippen LogP contribution in [0.15, 0.2) is 200 Å². The van der Waals surface area contributed by atoms with Crippen LogP contribution in [-0.2, 0) is 34.6 Å². The van der Waals surface area contributed by atoms with Gasteiger partial charge in [-0.05, 0) is 120 Å². The zero-order chi connectivity index (χ0) is 53.7. The second-order valence-corrected chi connectivity index (χ2v) is 18.7. The van der Waals surface area contributed by atoms with Crippen LogP contribution in [0, 0.1) is 77.9 Å². The van der Waals surface area contributed by atoms with Crippen molar-refractivity contribution in [1.29, 1.82) is 0 Å². The average Bonchev–Trinajstić information content (AvgIpc) is 4.19. The van der Waals surface area contributed by atoms with Crippen LogP contribution < -0.4 is 0 Å². The van der Waals surface area contributed by atoms with Crippen LogP contribution in [0.3, 0.4) is 0 Å². The van der Waals surface area contributed by atoms with E-state index < -0.39 is 0 Å². The first-order valence-electron chi connectivity index (χ1n) is 25.2. The summed E-state index contributed by atoms with van der Waals surface area (Å²) in [6.45, 7) is 14.0. The maximum atomic E-state index is 11.7. The molecule has 0 aliphatic heterocycles. The standard InChI is InChI=1S/C30H28O2.C28H24O2.C7H7.C7H3.Hf.2H2/c1-4-17-32(3)28-16-10-9-13-23(28)26-18-20(2)19-27(30(26)31)29-24-14-7-5-11-21(24)22-12-6-8-15-25(22)29;1-18-16-24(21-12-8-9-15-26(21)30(2)3)28(29)25(17-18)27-22-13-6-4-10-19(22)20-11-5-7-14-23(20)27;1-7-5-3-2-4-6-7;1-3-5-7-6-4-2;;;/h5-16,18-19,29,31H,3-4,17H2,1-2H3;4-17,27,29H,2H2,1,3H3;2-6H,1H2;1H,2H2;;2*1H/q;;2*-1;;;. The molecule has 0 fully saturated rings. The quantitative estimate of drug-likeness (QED) is 0.0689. The van der Waals surface area contributed by atoms with Gasteiger partial charge in [0.05, 0.1) is 11.1 Å². The Bertz CT molecular complexity index is 3590. The van der Waals surface area contributed by atoms with Gasteiger partial charge in [-0.1, -0.05) is 146 Å². The van der Waals surface area contributed by atoms with Crippen molar-refractivity contribution in [3.8, 4) is 104 Å². The van der Waals surface area contributed by atoms with Crippen LogP contribution in [0.4, 0.5) is 0 Å². The van der Waals surface area contributed by atoms with Crippen LogP contribution >= 0.6 is 0 Å². The maximum Gasteiger partial charge on any atom is 0.234 e. The smallest absolute Gasteiger partial charge is 0.234 e. The van der Waals surface area contributed by atoms with Crippen molar-refractivity contribution in [3.63, 3.8) is 0 Å². The second-order valence-electron chi connectivity index (χ2n) is 18.7. The van der Waals surface area contributed by atoms with E-state index in [0.717, 1.165) is 74.6 Å². The summed E-state index contributed by atoms with van der Waals surface area (Å²) in [5, 5.41) is 23.2. The molecule has 0 aromatic heterocycles. The number of aryl methyl sites for hydroxylation is 2. The molecule has 0 bridgehead atoms. The molecular weight excluding hydrogens is 1110 g/mol. The SMILES string of the molecule is C#CC#CC#C[CH2-].[CH2-][O+](C)c1ccccc1-c1cc(C)cc(C2c3ccccc3-c3ccccc32)c1O.[CH2-][O+](CCC)c1ccccc1-c1cc(C)cc(C2c3ccccc3-c3ccccc32)c1O.[CH2-]c1ccccc1.[HH].[HH].[Hf]. The second kappa shape index (κ2) is 26.3. The number of para-hydroxylation sites is 2. The zero-order valence-electron chi connectivity index (χ0n) is 44.2. The number of rotatable bonds is 8. The summed E-state index contributed by atoms with van der Waals surface area (Å²) >= 11 is 0. The molecule has 11 rings (SSSR count). The first-order chi connectivity index (χ1) is 37.0. The number of aromatic hydroxyl groups is 2. The molecule has 2 aliphatic rings. The Hall–Kier alpha value is -8.53. The fraction of sp³-hybridized carbons (Fsp3) is 0.111. The van der Waals surface area contributed by atoms with Crippen molar-refractivity contribution in [2.24, 2.45) is 0 Å².